The van der Waals surface area contributed by atoms with Gasteiger partial charge in [-0.15, -0.1) is 0 Å². The molecule has 0 bridgehead atoms. The number of halogens is 1. The summed E-state index contributed by atoms with van der Waals surface area (Å²) in [6.07, 6.45) is 0.836. The van der Waals surface area contributed by atoms with Crippen LogP contribution in [0.4, 0.5) is 5.69 Å². The summed E-state index contributed by atoms with van der Waals surface area (Å²) in [7, 11) is 1.66. The van der Waals surface area contributed by atoms with E-state index in [9.17, 15) is 13.2 Å². The number of carbonyl (C=O) groups excluding carboxylic acids is 1. The van der Waals surface area contributed by atoms with Crippen molar-refractivity contribution >= 4 is 33.2 Å². The van der Waals surface area contributed by atoms with Crippen LogP contribution in [0.15, 0.2) is 47.4 Å². The lowest BCUT2D eigenvalue weighted by molar-refractivity contribution is 0.0952. The van der Waals surface area contributed by atoms with Gasteiger partial charge in [-0.25, -0.2) is 8.42 Å². The maximum absolute atomic E-state index is 12.9. The highest BCUT2D eigenvalue weighted by Gasteiger charge is 2.23. The van der Waals surface area contributed by atoms with Crippen LogP contribution < -0.4 is 9.62 Å². The first-order valence-corrected chi connectivity index (χ1v) is 10.7. The maximum atomic E-state index is 12.9. The Morgan fingerprint density at radius 1 is 1.07 bits per heavy atom. The van der Waals surface area contributed by atoms with E-state index in [0.717, 1.165) is 18.5 Å². The molecule has 2 rings (SSSR count). The second kappa shape index (κ2) is 9.41. The average Bonchev–Trinajstić information content (AvgIpc) is 2.65. The van der Waals surface area contributed by atoms with Crippen LogP contribution in [-0.2, 0) is 10.0 Å². The predicted molar refractivity (Wildman–Crippen MR) is 114 cm³/mol. The Kier molecular flexibility index (Phi) is 7.46. The van der Waals surface area contributed by atoms with Crippen molar-refractivity contribution < 1.29 is 13.2 Å². The zero-order valence-electron chi connectivity index (χ0n) is 16.6. The van der Waals surface area contributed by atoms with Crippen molar-refractivity contribution in [1.29, 1.82) is 0 Å². The third-order valence-electron chi connectivity index (χ3n) is 4.35. The molecule has 0 aliphatic heterocycles. The monoisotopic (exact) mass is 423 g/mol. The Bertz CT molecular complexity index is 928. The molecule has 0 fully saturated rings. The molecule has 6 nitrogen and oxygen atoms in total. The Hall–Kier alpha value is -2.09. The van der Waals surface area contributed by atoms with Gasteiger partial charge in [0.2, 0.25) is 0 Å². The molecule has 0 saturated heterocycles. The number of nitrogens with zero attached hydrogens (tertiary/aromatic N) is 2. The second-order valence-electron chi connectivity index (χ2n) is 6.84. The van der Waals surface area contributed by atoms with Crippen LogP contribution in [-0.4, -0.2) is 53.5 Å². The van der Waals surface area contributed by atoms with Gasteiger partial charge < -0.3 is 10.2 Å². The van der Waals surface area contributed by atoms with Gasteiger partial charge in [-0.3, -0.25) is 9.10 Å². The van der Waals surface area contributed by atoms with Crippen molar-refractivity contribution in [2.75, 3.05) is 38.5 Å². The third kappa shape index (κ3) is 5.47. The van der Waals surface area contributed by atoms with Crippen LogP contribution in [0.1, 0.15) is 22.3 Å². The molecule has 8 heteroatoms. The zero-order valence-corrected chi connectivity index (χ0v) is 18.1. The van der Waals surface area contributed by atoms with Crippen LogP contribution in [0.5, 0.6) is 0 Å². The molecule has 0 spiro atoms. The minimum Gasteiger partial charge on any atom is -0.352 e. The molecule has 0 atom stereocenters. The first kappa shape index (κ1) is 22.2. The van der Waals surface area contributed by atoms with Crippen molar-refractivity contribution in [2.24, 2.45) is 0 Å². The summed E-state index contributed by atoms with van der Waals surface area (Å²) in [5, 5.41) is 3.33. The van der Waals surface area contributed by atoms with Crippen molar-refractivity contribution in [3.05, 3.63) is 58.6 Å². The molecule has 1 amide bonds. The first-order valence-electron chi connectivity index (χ1n) is 8.91. The van der Waals surface area contributed by atoms with Gasteiger partial charge >= 0.3 is 0 Å². The molecule has 0 aromatic heterocycles. The van der Waals surface area contributed by atoms with Crippen molar-refractivity contribution in [2.45, 2.75) is 18.2 Å². The molecule has 0 heterocycles. The second-order valence-corrected chi connectivity index (χ2v) is 9.25. The van der Waals surface area contributed by atoms with Crippen LogP contribution in [0.25, 0.3) is 0 Å². The number of anilines is 1. The van der Waals surface area contributed by atoms with Crippen LogP contribution in [0.2, 0.25) is 5.02 Å². The number of hydrogen-bond donors (Lipinski definition) is 1. The Morgan fingerprint density at radius 2 is 1.71 bits per heavy atom. The molecular weight excluding hydrogens is 398 g/mol. The molecule has 0 saturated carbocycles. The van der Waals surface area contributed by atoms with Gasteiger partial charge in [0.05, 0.1) is 10.6 Å². The van der Waals surface area contributed by atoms with Crippen molar-refractivity contribution in [1.82, 2.24) is 10.2 Å². The van der Waals surface area contributed by atoms with E-state index in [4.69, 9.17) is 11.6 Å². The Morgan fingerprint density at radius 3 is 2.32 bits per heavy atom. The predicted octanol–water partition coefficient (Wildman–Crippen LogP) is 3.16. The van der Waals surface area contributed by atoms with Crippen LogP contribution in [0.3, 0.4) is 0 Å². The van der Waals surface area contributed by atoms with E-state index in [0.29, 0.717) is 22.8 Å². The lowest BCUT2D eigenvalue weighted by Crippen LogP contribution is -2.29. The molecular formula is C20H26ClN3O3S. The SMILES string of the molecule is Cc1ccc(C(=O)NCCCN(C)C)cc1N(C)S(=O)(=O)c1ccc(Cl)cc1. The molecule has 0 aliphatic rings. The molecule has 0 aliphatic carbocycles. The molecule has 0 radical (unpaired) electrons. The van der Waals surface area contributed by atoms with Crippen LogP contribution >= 0.6 is 11.6 Å². The average molecular weight is 424 g/mol. The van der Waals surface area contributed by atoms with E-state index in [1.807, 2.05) is 25.9 Å². The molecule has 0 unspecified atom stereocenters. The first-order chi connectivity index (χ1) is 13.1. The van der Waals surface area contributed by atoms with Gasteiger partial charge in [-0.2, -0.15) is 0 Å². The molecule has 2 aromatic rings. The lowest BCUT2D eigenvalue weighted by atomic mass is 10.1. The van der Waals surface area contributed by atoms with Gasteiger partial charge in [-0.05, 0) is 75.9 Å². The summed E-state index contributed by atoms with van der Waals surface area (Å²) in [4.78, 5) is 14.6. The molecule has 28 heavy (non-hydrogen) atoms. The highest BCUT2D eigenvalue weighted by Crippen LogP contribution is 2.27. The lowest BCUT2D eigenvalue weighted by Gasteiger charge is -2.22. The van der Waals surface area contributed by atoms with E-state index < -0.39 is 10.0 Å². The van der Waals surface area contributed by atoms with Crippen LogP contribution in [0, 0.1) is 6.92 Å². The third-order valence-corrected chi connectivity index (χ3v) is 6.39. The Labute approximate surface area is 172 Å². The minimum atomic E-state index is -3.77. The van der Waals surface area contributed by atoms with E-state index >= 15 is 0 Å². The number of nitrogens with one attached hydrogen (secondary N) is 1. The van der Waals surface area contributed by atoms with Gasteiger partial charge in [0, 0.05) is 24.2 Å². The smallest absolute Gasteiger partial charge is 0.264 e. The highest BCUT2D eigenvalue weighted by molar-refractivity contribution is 7.92. The maximum Gasteiger partial charge on any atom is 0.264 e. The van der Waals surface area contributed by atoms with Crippen molar-refractivity contribution in [3.63, 3.8) is 0 Å². The molecule has 1 N–H and O–H groups in total. The van der Waals surface area contributed by atoms with Gasteiger partial charge in [0.25, 0.3) is 15.9 Å². The minimum absolute atomic E-state index is 0.136. The molecule has 2 aromatic carbocycles. The number of hydrogen-bond acceptors (Lipinski definition) is 4. The number of sulfonamides is 1. The number of rotatable bonds is 8. The quantitative estimate of drug-likeness (QED) is 0.662. The fourth-order valence-corrected chi connectivity index (χ4v) is 4.06. The zero-order chi connectivity index (χ0) is 20.9. The summed E-state index contributed by atoms with van der Waals surface area (Å²) in [6.45, 7) is 3.24. The summed E-state index contributed by atoms with van der Waals surface area (Å²) in [5.74, 6) is -0.225. The van der Waals surface area contributed by atoms with E-state index in [-0.39, 0.29) is 10.8 Å². The number of amides is 1. The molecule has 152 valence electrons. The summed E-state index contributed by atoms with van der Waals surface area (Å²) in [6, 6.07) is 11.0. The highest BCUT2D eigenvalue weighted by atomic mass is 35.5. The fraction of sp³-hybridized carbons (Fsp3) is 0.350. The fourth-order valence-electron chi connectivity index (χ4n) is 2.68. The Balaban J connectivity index is 2.22. The van der Waals surface area contributed by atoms with Gasteiger partial charge in [-0.1, -0.05) is 17.7 Å². The van der Waals surface area contributed by atoms with Gasteiger partial charge in [0.1, 0.15) is 0 Å². The van der Waals surface area contributed by atoms with Gasteiger partial charge in [0.15, 0.2) is 0 Å². The van der Waals surface area contributed by atoms with E-state index in [1.165, 1.54) is 35.6 Å². The largest absolute Gasteiger partial charge is 0.352 e. The normalized spacial score (nSPS) is 11.5. The summed E-state index contributed by atoms with van der Waals surface area (Å²) >= 11 is 5.85. The number of carbonyl (C=O) groups is 1. The van der Waals surface area contributed by atoms with E-state index in [2.05, 4.69) is 5.32 Å². The summed E-state index contributed by atoms with van der Waals surface area (Å²) in [5.41, 5.74) is 1.63. The standard InChI is InChI=1S/C20H26ClN3O3S/c1-15-6-7-16(20(25)22-12-5-13-23(2)3)14-19(15)24(4)28(26,27)18-10-8-17(21)9-11-18/h6-11,14H,5,12-13H2,1-4H3,(H,22,25). The van der Waals surface area contributed by atoms with E-state index in [1.54, 1.807) is 18.2 Å². The topological polar surface area (TPSA) is 69.7 Å². The summed E-state index contributed by atoms with van der Waals surface area (Å²) < 4.78 is 27.0. The van der Waals surface area contributed by atoms with Crippen molar-refractivity contribution in [3.8, 4) is 0 Å². The number of benzene rings is 2. The number of aryl methyl sites for hydroxylation is 1.